The molecule has 1 rings (SSSR count). The van der Waals surface area contributed by atoms with E-state index in [4.69, 9.17) is 11.6 Å². The fraction of sp³-hybridized carbons (Fsp3) is 0.462. The van der Waals surface area contributed by atoms with Crippen LogP contribution in [0.3, 0.4) is 0 Å². The highest BCUT2D eigenvalue weighted by atomic mass is 35.5. The van der Waals surface area contributed by atoms with Gasteiger partial charge in [-0.05, 0) is 30.5 Å². The van der Waals surface area contributed by atoms with Gasteiger partial charge >= 0.3 is 0 Å². The van der Waals surface area contributed by atoms with E-state index in [0.717, 1.165) is 12.8 Å². The van der Waals surface area contributed by atoms with Crippen molar-refractivity contribution >= 4 is 17.4 Å². The second-order valence-corrected chi connectivity index (χ2v) is 4.75. The average molecular weight is 243 g/mol. The van der Waals surface area contributed by atoms with Crippen molar-refractivity contribution in [2.45, 2.75) is 33.1 Å². The van der Waals surface area contributed by atoms with Gasteiger partial charge in [-0.3, -0.25) is 4.79 Å². The minimum Gasteiger partial charge on any atom is -0.294 e. The van der Waals surface area contributed by atoms with Crippen LogP contribution in [0.15, 0.2) is 18.2 Å². The zero-order chi connectivity index (χ0) is 12.1. The van der Waals surface area contributed by atoms with Crippen molar-refractivity contribution < 1.29 is 9.18 Å². The van der Waals surface area contributed by atoms with Crippen LogP contribution in [0.4, 0.5) is 4.39 Å². The molecule has 0 atom stereocenters. The van der Waals surface area contributed by atoms with Crippen LogP contribution in [0.5, 0.6) is 0 Å². The van der Waals surface area contributed by atoms with E-state index in [1.807, 2.05) is 0 Å². The van der Waals surface area contributed by atoms with E-state index in [1.165, 1.54) is 12.1 Å². The smallest absolute Gasteiger partial charge is 0.162 e. The molecule has 1 aromatic carbocycles. The highest BCUT2D eigenvalue weighted by molar-refractivity contribution is 6.30. The third-order valence-corrected chi connectivity index (χ3v) is 2.73. The fourth-order valence-electron chi connectivity index (χ4n) is 1.48. The Morgan fingerprint density at radius 1 is 1.44 bits per heavy atom. The molecule has 0 radical (unpaired) electrons. The Hall–Kier alpha value is -0.890. The first-order valence-electron chi connectivity index (χ1n) is 5.49. The number of carbonyl (C=O) groups is 1. The highest BCUT2D eigenvalue weighted by Crippen LogP contribution is 2.17. The van der Waals surface area contributed by atoms with Gasteiger partial charge in [-0.15, -0.1) is 0 Å². The Bertz CT molecular complexity index is 374. The summed E-state index contributed by atoms with van der Waals surface area (Å²) in [5.74, 6) is 0.0438. The molecule has 0 fully saturated rings. The van der Waals surface area contributed by atoms with Gasteiger partial charge in [0, 0.05) is 12.0 Å². The summed E-state index contributed by atoms with van der Waals surface area (Å²) < 4.78 is 13.1. The average Bonchev–Trinajstić information content (AvgIpc) is 2.21. The lowest BCUT2D eigenvalue weighted by molar-refractivity contribution is 0.0978. The first-order valence-corrected chi connectivity index (χ1v) is 5.86. The van der Waals surface area contributed by atoms with E-state index < -0.39 is 5.82 Å². The van der Waals surface area contributed by atoms with Crippen molar-refractivity contribution in [3.05, 3.63) is 34.6 Å². The van der Waals surface area contributed by atoms with Gasteiger partial charge in [-0.25, -0.2) is 4.39 Å². The molecule has 16 heavy (non-hydrogen) atoms. The number of hydrogen-bond donors (Lipinski definition) is 0. The number of benzene rings is 1. The van der Waals surface area contributed by atoms with E-state index in [9.17, 15) is 9.18 Å². The van der Waals surface area contributed by atoms with Crippen LogP contribution in [0.25, 0.3) is 0 Å². The molecule has 0 aromatic heterocycles. The normalized spacial score (nSPS) is 10.8. The molecule has 0 saturated heterocycles. The van der Waals surface area contributed by atoms with Crippen molar-refractivity contribution in [1.82, 2.24) is 0 Å². The molecular formula is C13H16ClFO. The van der Waals surface area contributed by atoms with Crippen LogP contribution in [-0.2, 0) is 0 Å². The third-order valence-electron chi connectivity index (χ3n) is 2.43. The van der Waals surface area contributed by atoms with Gasteiger partial charge in [0.25, 0.3) is 0 Å². The number of carbonyl (C=O) groups excluding carboxylic acids is 1. The number of halogens is 2. The summed E-state index contributed by atoms with van der Waals surface area (Å²) in [5.41, 5.74) is 0.408. The van der Waals surface area contributed by atoms with Gasteiger partial charge in [0.2, 0.25) is 0 Å². The molecular weight excluding hydrogens is 227 g/mol. The van der Waals surface area contributed by atoms with Crippen molar-refractivity contribution in [2.24, 2.45) is 5.92 Å². The fourth-order valence-corrected chi connectivity index (χ4v) is 1.60. The van der Waals surface area contributed by atoms with Crippen LogP contribution in [0.2, 0.25) is 5.02 Å². The number of hydrogen-bond acceptors (Lipinski definition) is 1. The van der Waals surface area contributed by atoms with Crippen LogP contribution in [0.1, 0.15) is 43.5 Å². The molecule has 0 heterocycles. The SMILES string of the molecule is CC(C)CCCC(=O)c1ccc(Cl)c(F)c1. The summed E-state index contributed by atoms with van der Waals surface area (Å²) in [5, 5.41) is 0.0544. The van der Waals surface area contributed by atoms with E-state index in [-0.39, 0.29) is 10.8 Å². The molecule has 0 saturated carbocycles. The molecule has 0 N–H and O–H groups in total. The second-order valence-electron chi connectivity index (χ2n) is 4.34. The van der Waals surface area contributed by atoms with Crippen molar-refractivity contribution in [1.29, 1.82) is 0 Å². The second kappa shape index (κ2) is 6.00. The molecule has 0 aliphatic heterocycles. The summed E-state index contributed by atoms with van der Waals surface area (Å²) in [6.45, 7) is 4.23. The monoisotopic (exact) mass is 242 g/mol. The number of Topliss-reactive ketones (excluding diaryl/α,β-unsaturated/α-hetero) is 1. The van der Waals surface area contributed by atoms with Gasteiger partial charge in [-0.2, -0.15) is 0 Å². The first-order chi connectivity index (χ1) is 7.50. The van der Waals surface area contributed by atoms with E-state index >= 15 is 0 Å². The maximum atomic E-state index is 13.1. The standard InChI is InChI=1S/C13H16ClFO/c1-9(2)4-3-5-13(16)10-6-7-11(14)12(15)8-10/h6-9H,3-5H2,1-2H3. The van der Waals surface area contributed by atoms with Gasteiger partial charge in [-0.1, -0.05) is 31.9 Å². The molecule has 1 aromatic rings. The summed E-state index contributed by atoms with van der Waals surface area (Å²) in [7, 11) is 0. The lowest BCUT2D eigenvalue weighted by atomic mass is 10.0. The Balaban J connectivity index is 2.56. The molecule has 3 heteroatoms. The van der Waals surface area contributed by atoms with Crippen LogP contribution >= 0.6 is 11.6 Å². The molecule has 88 valence electrons. The predicted octanol–water partition coefficient (Wildman–Crippen LogP) is 4.49. The quantitative estimate of drug-likeness (QED) is 0.696. The zero-order valence-electron chi connectivity index (χ0n) is 9.59. The lowest BCUT2D eigenvalue weighted by Gasteiger charge is -2.04. The molecule has 0 aliphatic carbocycles. The summed E-state index contributed by atoms with van der Waals surface area (Å²) in [4.78, 5) is 11.7. The summed E-state index contributed by atoms with van der Waals surface area (Å²) in [6, 6.07) is 4.20. The highest BCUT2D eigenvalue weighted by Gasteiger charge is 2.09. The van der Waals surface area contributed by atoms with E-state index in [2.05, 4.69) is 13.8 Å². The van der Waals surface area contributed by atoms with Gasteiger partial charge in [0.1, 0.15) is 5.82 Å². The van der Waals surface area contributed by atoms with Gasteiger partial charge < -0.3 is 0 Å². The molecule has 0 bridgehead atoms. The van der Waals surface area contributed by atoms with Crippen molar-refractivity contribution in [3.8, 4) is 0 Å². The minimum atomic E-state index is -0.531. The van der Waals surface area contributed by atoms with Crippen molar-refractivity contribution in [3.63, 3.8) is 0 Å². The topological polar surface area (TPSA) is 17.1 Å². The first kappa shape index (κ1) is 13.2. The number of rotatable bonds is 5. The van der Waals surface area contributed by atoms with Crippen LogP contribution < -0.4 is 0 Å². The number of ketones is 1. The van der Waals surface area contributed by atoms with Gasteiger partial charge in [0.05, 0.1) is 5.02 Å². The summed E-state index contributed by atoms with van der Waals surface area (Å²) >= 11 is 5.54. The Morgan fingerprint density at radius 2 is 2.12 bits per heavy atom. The molecule has 0 spiro atoms. The molecule has 0 aliphatic rings. The molecule has 0 amide bonds. The third kappa shape index (κ3) is 3.93. The van der Waals surface area contributed by atoms with Crippen LogP contribution in [0, 0.1) is 11.7 Å². The molecule has 0 unspecified atom stereocenters. The Kier molecular flexibility index (Phi) is 4.94. The summed E-state index contributed by atoms with van der Waals surface area (Å²) in [6.07, 6.45) is 2.34. The van der Waals surface area contributed by atoms with Gasteiger partial charge in [0.15, 0.2) is 5.78 Å². The zero-order valence-corrected chi connectivity index (χ0v) is 10.4. The Labute approximate surface area is 101 Å². The minimum absolute atomic E-state index is 0.0174. The molecule has 1 nitrogen and oxygen atoms in total. The van der Waals surface area contributed by atoms with E-state index in [1.54, 1.807) is 6.07 Å². The van der Waals surface area contributed by atoms with E-state index in [0.29, 0.717) is 17.9 Å². The van der Waals surface area contributed by atoms with Crippen molar-refractivity contribution in [2.75, 3.05) is 0 Å². The predicted molar refractivity (Wildman–Crippen MR) is 64.4 cm³/mol. The Morgan fingerprint density at radius 3 is 2.69 bits per heavy atom. The maximum Gasteiger partial charge on any atom is 0.162 e. The lowest BCUT2D eigenvalue weighted by Crippen LogP contribution is -2.00. The largest absolute Gasteiger partial charge is 0.294 e. The maximum absolute atomic E-state index is 13.1. The van der Waals surface area contributed by atoms with Crippen LogP contribution in [-0.4, -0.2) is 5.78 Å².